The van der Waals surface area contributed by atoms with Gasteiger partial charge in [-0.15, -0.1) is 0 Å². The molecule has 0 saturated carbocycles. The largest absolute Gasteiger partial charge is 0.493 e. The van der Waals surface area contributed by atoms with E-state index in [1.165, 1.54) is 12.1 Å². The number of ether oxygens (including phenoxy) is 2. The highest BCUT2D eigenvalue weighted by Gasteiger charge is 2.19. The Morgan fingerprint density at radius 2 is 1.48 bits per heavy atom. The molecule has 0 N–H and O–H groups in total. The molecular formula is C20H25FN2O2. The van der Waals surface area contributed by atoms with Gasteiger partial charge < -0.3 is 9.47 Å². The summed E-state index contributed by atoms with van der Waals surface area (Å²) in [4.78, 5) is 4.84. The Bertz CT molecular complexity index is 683. The first kappa shape index (κ1) is 17.7. The van der Waals surface area contributed by atoms with Gasteiger partial charge >= 0.3 is 0 Å². The Balaban J connectivity index is 1.55. The minimum atomic E-state index is -0.180. The van der Waals surface area contributed by atoms with E-state index in [4.69, 9.17) is 9.47 Å². The van der Waals surface area contributed by atoms with E-state index in [1.807, 2.05) is 24.3 Å². The lowest BCUT2D eigenvalue weighted by molar-refractivity contribution is 0.121. The Morgan fingerprint density at radius 1 is 0.840 bits per heavy atom. The quantitative estimate of drug-likeness (QED) is 0.804. The summed E-state index contributed by atoms with van der Waals surface area (Å²) in [5.41, 5.74) is 2.30. The fourth-order valence-electron chi connectivity index (χ4n) is 3.27. The smallest absolute Gasteiger partial charge is 0.165 e. The topological polar surface area (TPSA) is 24.9 Å². The third-order valence-corrected chi connectivity index (χ3v) is 4.66. The molecule has 1 saturated heterocycles. The predicted molar refractivity (Wildman–Crippen MR) is 96.5 cm³/mol. The third kappa shape index (κ3) is 4.50. The summed E-state index contributed by atoms with van der Waals surface area (Å²) in [6.45, 7) is 5.73. The number of methoxy groups -OCH3 is 2. The number of halogens is 1. The second-order valence-corrected chi connectivity index (χ2v) is 6.33. The number of nitrogens with zero attached hydrogens (tertiary/aromatic N) is 2. The average Bonchev–Trinajstić information content (AvgIpc) is 2.65. The van der Waals surface area contributed by atoms with Gasteiger partial charge in [-0.2, -0.15) is 0 Å². The average molecular weight is 344 g/mol. The zero-order valence-electron chi connectivity index (χ0n) is 14.9. The molecule has 1 aliphatic heterocycles. The highest BCUT2D eigenvalue weighted by atomic mass is 19.1. The second-order valence-electron chi connectivity index (χ2n) is 6.33. The first-order chi connectivity index (χ1) is 12.2. The van der Waals surface area contributed by atoms with Crippen molar-refractivity contribution in [2.75, 3.05) is 40.4 Å². The molecule has 25 heavy (non-hydrogen) atoms. The van der Waals surface area contributed by atoms with Gasteiger partial charge in [0.2, 0.25) is 0 Å². The number of hydrogen-bond donors (Lipinski definition) is 0. The monoisotopic (exact) mass is 344 g/mol. The first-order valence-corrected chi connectivity index (χ1v) is 8.58. The molecule has 0 aromatic heterocycles. The van der Waals surface area contributed by atoms with Crippen LogP contribution in [0.4, 0.5) is 4.39 Å². The molecule has 1 aliphatic rings. The van der Waals surface area contributed by atoms with E-state index in [9.17, 15) is 4.39 Å². The Morgan fingerprint density at radius 3 is 2.08 bits per heavy atom. The molecule has 4 nitrogen and oxygen atoms in total. The number of benzene rings is 2. The van der Waals surface area contributed by atoms with Crippen molar-refractivity contribution in [3.63, 3.8) is 0 Å². The Kier molecular flexibility index (Phi) is 5.89. The molecular weight excluding hydrogens is 319 g/mol. The van der Waals surface area contributed by atoms with Crippen LogP contribution in [0.15, 0.2) is 42.5 Å². The maximum absolute atomic E-state index is 13.0. The molecule has 0 radical (unpaired) electrons. The molecule has 134 valence electrons. The SMILES string of the molecule is COc1cccc(CN2CCN(Cc3ccc(F)cc3)CC2)c1OC. The Hall–Kier alpha value is -2.11. The van der Waals surface area contributed by atoms with Crippen LogP contribution in [-0.2, 0) is 13.1 Å². The normalized spacial score (nSPS) is 16.0. The van der Waals surface area contributed by atoms with Gasteiger partial charge in [0.05, 0.1) is 14.2 Å². The summed E-state index contributed by atoms with van der Waals surface area (Å²) in [7, 11) is 3.35. The highest BCUT2D eigenvalue weighted by Crippen LogP contribution is 2.31. The number of hydrogen-bond acceptors (Lipinski definition) is 4. The molecule has 5 heteroatoms. The maximum Gasteiger partial charge on any atom is 0.165 e. The Labute approximate surface area is 148 Å². The minimum Gasteiger partial charge on any atom is -0.493 e. The van der Waals surface area contributed by atoms with Crippen LogP contribution in [0.1, 0.15) is 11.1 Å². The van der Waals surface area contributed by atoms with Crippen LogP contribution < -0.4 is 9.47 Å². The van der Waals surface area contributed by atoms with Crippen LogP contribution in [-0.4, -0.2) is 50.2 Å². The van der Waals surface area contributed by atoms with Crippen molar-refractivity contribution >= 4 is 0 Å². The molecule has 3 rings (SSSR count). The molecule has 0 bridgehead atoms. The minimum absolute atomic E-state index is 0.180. The molecule has 0 atom stereocenters. The van der Waals surface area contributed by atoms with Crippen molar-refractivity contribution in [3.05, 3.63) is 59.4 Å². The van der Waals surface area contributed by atoms with E-state index in [0.717, 1.165) is 61.9 Å². The van der Waals surface area contributed by atoms with E-state index in [0.29, 0.717) is 0 Å². The van der Waals surface area contributed by atoms with Crippen molar-refractivity contribution in [2.24, 2.45) is 0 Å². The molecule has 0 aliphatic carbocycles. The summed E-state index contributed by atoms with van der Waals surface area (Å²) in [6, 6.07) is 12.8. The van der Waals surface area contributed by atoms with Gasteiger partial charge in [-0.05, 0) is 23.8 Å². The predicted octanol–water partition coefficient (Wildman–Crippen LogP) is 3.16. The van der Waals surface area contributed by atoms with Crippen LogP contribution >= 0.6 is 0 Å². The van der Waals surface area contributed by atoms with E-state index in [-0.39, 0.29) is 5.82 Å². The summed E-state index contributed by atoms with van der Waals surface area (Å²) in [5, 5.41) is 0. The van der Waals surface area contributed by atoms with E-state index >= 15 is 0 Å². The second kappa shape index (κ2) is 8.32. The van der Waals surface area contributed by atoms with Crippen LogP contribution in [0, 0.1) is 5.82 Å². The van der Waals surface area contributed by atoms with E-state index in [1.54, 1.807) is 14.2 Å². The van der Waals surface area contributed by atoms with Gasteiger partial charge in [-0.25, -0.2) is 4.39 Å². The van der Waals surface area contributed by atoms with Crippen LogP contribution in [0.3, 0.4) is 0 Å². The van der Waals surface area contributed by atoms with Gasteiger partial charge in [0.1, 0.15) is 5.82 Å². The van der Waals surface area contributed by atoms with Crippen LogP contribution in [0.2, 0.25) is 0 Å². The van der Waals surface area contributed by atoms with Crippen molar-refractivity contribution < 1.29 is 13.9 Å². The van der Waals surface area contributed by atoms with Crippen molar-refractivity contribution in [3.8, 4) is 11.5 Å². The number of piperazine rings is 1. The lowest BCUT2D eigenvalue weighted by Gasteiger charge is -2.35. The lowest BCUT2D eigenvalue weighted by atomic mass is 10.1. The number of para-hydroxylation sites is 1. The highest BCUT2D eigenvalue weighted by molar-refractivity contribution is 5.46. The fourth-order valence-corrected chi connectivity index (χ4v) is 3.27. The molecule has 2 aromatic carbocycles. The van der Waals surface area contributed by atoms with Gasteiger partial charge in [0.15, 0.2) is 11.5 Å². The van der Waals surface area contributed by atoms with Crippen molar-refractivity contribution in [1.29, 1.82) is 0 Å². The number of rotatable bonds is 6. The maximum atomic E-state index is 13.0. The third-order valence-electron chi connectivity index (χ3n) is 4.66. The molecule has 2 aromatic rings. The molecule has 0 amide bonds. The van der Waals surface area contributed by atoms with Gasteiger partial charge in [-0.1, -0.05) is 24.3 Å². The molecule has 1 fully saturated rings. The van der Waals surface area contributed by atoms with Crippen molar-refractivity contribution in [2.45, 2.75) is 13.1 Å². The van der Waals surface area contributed by atoms with E-state index < -0.39 is 0 Å². The fraction of sp³-hybridized carbons (Fsp3) is 0.400. The standard InChI is InChI=1S/C20H25FN2O2/c1-24-19-5-3-4-17(20(19)25-2)15-23-12-10-22(11-13-23)14-16-6-8-18(21)9-7-16/h3-9H,10-15H2,1-2H3. The van der Waals surface area contributed by atoms with E-state index in [2.05, 4.69) is 15.9 Å². The first-order valence-electron chi connectivity index (χ1n) is 8.58. The summed E-state index contributed by atoms with van der Waals surface area (Å²) >= 11 is 0. The lowest BCUT2D eigenvalue weighted by Crippen LogP contribution is -2.45. The summed E-state index contributed by atoms with van der Waals surface area (Å²) in [5.74, 6) is 1.41. The molecule has 0 spiro atoms. The molecule has 1 heterocycles. The van der Waals surface area contributed by atoms with Crippen molar-refractivity contribution in [1.82, 2.24) is 9.80 Å². The van der Waals surface area contributed by atoms with Gasteiger partial charge in [-0.3, -0.25) is 9.80 Å². The molecule has 0 unspecified atom stereocenters. The zero-order chi connectivity index (χ0) is 17.6. The van der Waals surface area contributed by atoms with Crippen LogP contribution in [0.25, 0.3) is 0 Å². The summed E-state index contributed by atoms with van der Waals surface area (Å²) < 4.78 is 23.9. The summed E-state index contributed by atoms with van der Waals surface area (Å²) in [6.07, 6.45) is 0. The zero-order valence-corrected chi connectivity index (χ0v) is 14.9. The van der Waals surface area contributed by atoms with Gasteiger partial charge in [0.25, 0.3) is 0 Å². The van der Waals surface area contributed by atoms with Crippen LogP contribution in [0.5, 0.6) is 11.5 Å². The van der Waals surface area contributed by atoms with Gasteiger partial charge in [0, 0.05) is 44.8 Å².